The van der Waals surface area contributed by atoms with Crippen LogP contribution in [-0.2, 0) is 11.8 Å². The molecule has 0 saturated heterocycles. The zero-order valence-electron chi connectivity index (χ0n) is 8.75. The van der Waals surface area contributed by atoms with Crippen molar-refractivity contribution in [3.05, 3.63) is 33.4 Å². The Morgan fingerprint density at radius 1 is 1.44 bits per heavy atom. The number of benzene rings is 1. The van der Waals surface area contributed by atoms with Gasteiger partial charge in [0.2, 0.25) is 0 Å². The molecule has 0 bridgehead atoms. The highest BCUT2D eigenvalue weighted by atomic mass is 79.9. The first-order valence-electron chi connectivity index (χ1n) is 4.57. The van der Waals surface area contributed by atoms with Crippen molar-refractivity contribution in [2.24, 2.45) is 7.05 Å². The molecule has 0 radical (unpaired) electrons. The molecule has 0 spiro atoms. The number of hydrogen-bond acceptors (Lipinski definition) is 2. The Morgan fingerprint density at radius 3 is 2.75 bits per heavy atom. The summed E-state index contributed by atoms with van der Waals surface area (Å²) in [6.45, 7) is 0. The van der Waals surface area contributed by atoms with Crippen LogP contribution in [0.25, 0.3) is 10.9 Å². The maximum absolute atomic E-state index is 11.5. The third-order valence-corrected chi connectivity index (χ3v) is 3.24. The van der Waals surface area contributed by atoms with E-state index in [-0.39, 0.29) is 5.97 Å². The van der Waals surface area contributed by atoms with Crippen LogP contribution in [0.2, 0.25) is 5.02 Å². The molecule has 0 saturated carbocycles. The molecule has 3 nitrogen and oxygen atoms in total. The number of fused-ring (bicyclic) bond motifs is 1. The molecule has 0 atom stereocenters. The van der Waals surface area contributed by atoms with E-state index in [1.54, 1.807) is 23.7 Å². The van der Waals surface area contributed by atoms with Crippen LogP contribution in [-0.4, -0.2) is 17.6 Å². The first kappa shape index (κ1) is 11.5. The number of carbonyl (C=O) groups is 1. The van der Waals surface area contributed by atoms with E-state index in [0.717, 1.165) is 15.4 Å². The number of methoxy groups -OCH3 is 1. The van der Waals surface area contributed by atoms with E-state index in [1.165, 1.54) is 7.11 Å². The first-order valence-corrected chi connectivity index (χ1v) is 5.74. The molecule has 0 amide bonds. The van der Waals surface area contributed by atoms with E-state index in [1.807, 2.05) is 6.07 Å². The maximum atomic E-state index is 11.5. The summed E-state index contributed by atoms with van der Waals surface area (Å²) in [7, 11) is 3.16. The summed E-state index contributed by atoms with van der Waals surface area (Å²) < 4.78 is 7.34. The highest BCUT2D eigenvalue weighted by molar-refractivity contribution is 9.10. The molecular weight excluding hydrogens is 293 g/mol. The molecule has 0 aliphatic rings. The lowest BCUT2D eigenvalue weighted by Crippen LogP contribution is -2.06. The van der Waals surface area contributed by atoms with Crippen LogP contribution in [0, 0.1) is 0 Å². The highest BCUT2D eigenvalue weighted by Gasteiger charge is 2.15. The summed E-state index contributed by atoms with van der Waals surface area (Å²) in [5, 5.41) is 1.45. The van der Waals surface area contributed by atoms with Crippen molar-refractivity contribution in [1.29, 1.82) is 0 Å². The lowest BCUT2D eigenvalue weighted by molar-refractivity contribution is 0.0590. The Morgan fingerprint density at radius 2 is 2.12 bits per heavy atom. The molecule has 0 fully saturated rings. The smallest absolute Gasteiger partial charge is 0.354 e. The fourth-order valence-electron chi connectivity index (χ4n) is 1.66. The minimum atomic E-state index is -0.370. The van der Waals surface area contributed by atoms with Gasteiger partial charge in [-0.2, -0.15) is 0 Å². The monoisotopic (exact) mass is 301 g/mol. The molecule has 0 aliphatic carbocycles. The second-order valence-corrected chi connectivity index (χ2v) is 4.72. The van der Waals surface area contributed by atoms with Gasteiger partial charge in [0.05, 0.1) is 17.6 Å². The summed E-state index contributed by atoms with van der Waals surface area (Å²) in [4.78, 5) is 11.5. The van der Waals surface area contributed by atoms with Crippen LogP contribution >= 0.6 is 27.5 Å². The van der Waals surface area contributed by atoms with Gasteiger partial charge in [-0.05, 0) is 18.2 Å². The third-order valence-electron chi connectivity index (χ3n) is 2.47. The maximum Gasteiger partial charge on any atom is 0.354 e. The van der Waals surface area contributed by atoms with E-state index >= 15 is 0 Å². The van der Waals surface area contributed by atoms with Gasteiger partial charge in [-0.1, -0.05) is 27.5 Å². The molecule has 16 heavy (non-hydrogen) atoms. The summed E-state index contributed by atoms with van der Waals surface area (Å²) in [6.07, 6.45) is 0. The van der Waals surface area contributed by atoms with E-state index in [0.29, 0.717) is 10.7 Å². The number of nitrogens with zero attached hydrogens (tertiary/aromatic N) is 1. The fourth-order valence-corrected chi connectivity index (χ4v) is 2.50. The van der Waals surface area contributed by atoms with Gasteiger partial charge in [-0.3, -0.25) is 0 Å². The number of aryl methyl sites for hydroxylation is 1. The zero-order valence-corrected chi connectivity index (χ0v) is 11.1. The minimum absolute atomic E-state index is 0.370. The lowest BCUT2D eigenvalue weighted by atomic mass is 10.2. The lowest BCUT2D eigenvalue weighted by Gasteiger charge is -2.02. The molecule has 1 heterocycles. The van der Waals surface area contributed by atoms with Crippen LogP contribution in [0.3, 0.4) is 0 Å². The Balaban J connectivity index is 2.77. The van der Waals surface area contributed by atoms with Gasteiger partial charge in [0.15, 0.2) is 0 Å². The van der Waals surface area contributed by atoms with Crippen LogP contribution in [0.15, 0.2) is 22.7 Å². The SMILES string of the molecule is COC(=O)c1cc2c(Cl)cc(Br)cc2n1C. The van der Waals surface area contributed by atoms with Gasteiger partial charge in [-0.25, -0.2) is 4.79 Å². The topological polar surface area (TPSA) is 31.2 Å². The van der Waals surface area contributed by atoms with Gasteiger partial charge in [0, 0.05) is 16.9 Å². The van der Waals surface area contributed by atoms with Gasteiger partial charge in [0.25, 0.3) is 0 Å². The molecular formula is C11H9BrClNO2. The van der Waals surface area contributed by atoms with Gasteiger partial charge < -0.3 is 9.30 Å². The quantitative estimate of drug-likeness (QED) is 0.756. The van der Waals surface area contributed by atoms with E-state index in [9.17, 15) is 4.79 Å². The number of ether oxygens (including phenoxy) is 1. The average molecular weight is 303 g/mol. The van der Waals surface area contributed by atoms with Crippen molar-refractivity contribution >= 4 is 44.4 Å². The van der Waals surface area contributed by atoms with Crippen LogP contribution in [0.1, 0.15) is 10.5 Å². The second kappa shape index (κ2) is 4.11. The molecule has 2 rings (SSSR count). The normalized spacial score (nSPS) is 10.8. The van der Waals surface area contributed by atoms with E-state index in [2.05, 4.69) is 15.9 Å². The Hall–Kier alpha value is -1.00. The minimum Gasteiger partial charge on any atom is -0.464 e. The Kier molecular flexibility index (Phi) is 2.95. The largest absolute Gasteiger partial charge is 0.464 e. The highest BCUT2D eigenvalue weighted by Crippen LogP contribution is 2.30. The fraction of sp³-hybridized carbons (Fsp3) is 0.182. The summed E-state index contributed by atoms with van der Waals surface area (Å²) in [6, 6.07) is 5.44. The number of halogens is 2. The summed E-state index contributed by atoms with van der Waals surface area (Å²) in [5.74, 6) is -0.370. The standard InChI is InChI=1S/C11H9BrClNO2/c1-14-9-4-6(12)3-8(13)7(9)5-10(14)11(15)16-2/h3-5H,1-2H3. The number of esters is 1. The van der Waals surface area contributed by atoms with Crippen molar-refractivity contribution < 1.29 is 9.53 Å². The molecule has 0 aliphatic heterocycles. The average Bonchev–Trinajstić information content (AvgIpc) is 2.56. The third kappa shape index (κ3) is 1.72. The van der Waals surface area contributed by atoms with E-state index < -0.39 is 0 Å². The molecule has 0 N–H and O–H groups in total. The molecule has 2 aromatic rings. The summed E-state index contributed by atoms with van der Waals surface area (Å²) in [5.41, 5.74) is 1.37. The Bertz CT molecular complexity index is 577. The van der Waals surface area contributed by atoms with Crippen molar-refractivity contribution in [2.75, 3.05) is 7.11 Å². The number of rotatable bonds is 1. The molecule has 0 unspecified atom stereocenters. The van der Waals surface area contributed by atoms with Crippen molar-refractivity contribution in [3.8, 4) is 0 Å². The molecule has 5 heteroatoms. The predicted octanol–water partition coefficient (Wildman–Crippen LogP) is 3.38. The summed E-state index contributed by atoms with van der Waals surface area (Å²) >= 11 is 9.47. The number of hydrogen-bond donors (Lipinski definition) is 0. The van der Waals surface area contributed by atoms with Gasteiger partial charge in [-0.15, -0.1) is 0 Å². The molecule has 84 valence electrons. The van der Waals surface area contributed by atoms with Crippen molar-refractivity contribution in [2.45, 2.75) is 0 Å². The first-order chi connectivity index (χ1) is 7.54. The van der Waals surface area contributed by atoms with Gasteiger partial charge in [0.1, 0.15) is 5.69 Å². The van der Waals surface area contributed by atoms with Gasteiger partial charge >= 0.3 is 5.97 Å². The molecule has 1 aromatic carbocycles. The second-order valence-electron chi connectivity index (χ2n) is 3.40. The van der Waals surface area contributed by atoms with Crippen molar-refractivity contribution in [1.82, 2.24) is 4.57 Å². The van der Waals surface area contributed by atoms with Crippen LogP contribution in [0.5, 0.6) is 0 Å². The van der Waals surface area contributed by atoms with Crippen molar-refractivity contribution in [3.63, 3.8) is 0 Å². The van der Waals surface area contributed by atoms with Crippen LogP contribution in [0.4, 0.5) is 0 Å². The predicted molar refractivity (Wildman–Crippen MR) is 67.0 cm³/mol. The number of aromatic nitrogens is 1. The Labute approximate surface area is 106 Å². The number of carbonyl (C=O) groups excluding carboxylic acids is 1. The van der Waals surface area contributed by atoms with Crippen LogP contribution < -0.4 is 0 Å². The van der Waals surface area contributed by atoms with E-state index in [4.69, 9.17) is 16.3 Å². The molecule has 1 aromatic heterocycles. The zero-order chi connectivity index (χ0) is 11.9.